The Morgan fingerprint density at radius 1 is 1.10 bits per heavy atom. The van der Waals surface area contributed by atoms with E-state index in [1.54, 1.807) is 7.05 Å². The molecule has 2 atom stereocenters. The first-order chi connectivity index (χ1) is 13.1. The molecule has 0 aliphatic carbocycles. The Kier molecular flexibility index (Phi) is 17.1. The van der Waals surface area contributed by atoms with Crippen LogP contribution in [-0.4, -0.2) is 55.8 Å². The van der Waals surface area contributed by atoms with E-state index in [0.29, 0.717) is 25.5 Å². The zero-order chi connectivity index (χ0) is 21.6. The average Bonchev–Trinajstić information content (AvgIpc) is 2.60. The smallest absolute Gasteiger partial charge is 0.407 e. The van der Waals surface area contributed by atoms with E-state index in [2.05, 4.69) is 33.2 Å². The van der Waals surface area contributed by atoms with Crippen molar-refractivity contribution in [1.82, 2.24) is 21.3 Å². The summed E-state index contributed by atoms with van der Waals surface area (Å²) in [6, 6.07) is 0.204. The Morgan fingerprint density at radius 2 is 1.76 bits per heavy atom. The number of aliphatic imine (C=N–C) groups is 1. The molecule has 0 aliphatic heterocycles. The van der Waals surface area contributed by atoms with Gasteiger partial charge in [-0.2, -0.15) is 0 Å². The van der Waals surface area contributed by atoms with Crippen molar-refractivity contribution in [3.8, 4) is 0 Å². The summed E-state index contributed by atoms with van der Waals surface area (Å²) in [6.45, 7) is 12.6. The molecule has 0 aliphatic rings. The molecule has 0 rings (SSSR count). The second-order valence-electron chi connectivity index (χ2n) is 7.99. The molecule has 0 bridgehead atoms. The second-order valence-corrected chi connectivity index (χ2v) is 7.99. The van der Waals surface area contributed by atoms with Crippen LogP contribution in [-0.2, 0) is 9.53 Å². The van der Waals surface area contributed by atoms with E-state index >= 15 is 0 Å². The summed E-state index contributed by atoms with van der Waals surface area (Å²) >= 11 is 0. The highest BCUT2D eigenvalue weighted by Crippen LogP contribution is 2.07. The summed E-state index contributed by atoms with van der Waals surface area (Å²) in [4.78, 5) is 28.0. The third-order valence-electron chi connectivity index (χ3n) is 4.03. The van der Waals surface area contributed by atoms with Gasteiger partial charge < -0.3 is 26.0 Å². The normalized spacial score (nSPS) is 13.6. The molecule has 4 N–H and O–H groups in total. The van der Waals surface area contributed by atoms with Gasteiger partial charge >= 0.3 is 6.09 Å². The van der Waals surface area contributed by atoms with E-state index in [0.717, 1.165) is 25.7 Å². The van der Waals surface area contributed by atoms with Crippen LogP contribution < -0.4 is 21.3 Å². The zero-order valence-corrected chi connectivity index (χ0v) is 21.5. The number of carbonyl (C=O) groups excluding carboxylic acids is 2. The lowest BCUT2D eigenvalue weighted by molar-refractivity contribution is -0.121. The fraction of sp³-hybridized carbons (Fsp3) is 0.850. The number of carbonyl (C=O) groups is 2. The average molecular weight is 527 g/mol. The van der Waals surface area contributed by atoms with Crippen LogP contribution >= 0.6 is 24.0 Å². The van der Waals surface area contributed by atoms with Gasteiger partial charge in [0.25, 0.3) is 0 Å². The molecule has 0 fully saturated rings. The molecule has 2 unspecified atom stereocenters. The first kappa shape index (κ1) is 29.9. The molecule has 8 nitrogen and oxygen atoms in total. The van der Waals surface area contributed by atoms with Crippen LogP contribution in [0.3, 0.4) is 0 Å². The zero-order valence-electron chi connectivity index (χ0n) is 19.2. The van der Waals surface area contributed by atoms with Crippen molar-refractivity contribution in [2.75, 3.05) is 20.1 Å². The summed E-state index contributed by atoms with van der Waals surface area (Å²) in [7, 11) is 1.69. The summed E-state index contributed by atoms with van der Waals surface area (Å²) in [6.07, 6.45) is 3.84. The van der Waals surface area contributed by atoms with Crippen molar-refractivity contribution in [2.24, 2.45) is 4.99 Å². The second kappa shape index (κ2) is 16.5. The lowest BCUT2D eigenvalue weighted by Crippen LogP contribution is -2.49. The highest BCUT2D eigenvalue weighted by atomic mass is 127. The summed E-state index contributed by atoms with van der Waals surface area (Å²) in [5.41, 5.74) is -0.524. The molecule has 0 aromatic carbocycles. The minimum absolute atomic E-state index is 0. The van der Waals surface area contributed by atoms with Gasteiger partial charge in [-0.3, -0.25) is 9.79 Å². The number of nitrogens with one attached hydrogen (secondary N) is 4. The van der Waals surface area contributed by atoms with Gasteiger partial charge in [-0.15, -0.1) is 24.0 Å². The number of nitrogens with zero attached hydrogens (tertiary/aromatic N) is 1. The van der Waals surface area contributed by atoms with Crippen LogP contribution in [0.5, 0.6) is 0 Å². The first-order valence-corrected chi connectivity index (χ1v) is 10.3. The van der Waals surface area contributed by atoms with E-state index in [1.165, 1.54) is 0 Å². The quantitative estimate of drug-likeness (QED) is 0.188. The molecular formula is C20H42IN5O3. The predicted octanol–water partition coefficient (Wildman–Crippen LogP) is 3.16. The maximum atomic E-state index is 11.9. The number of ether oxygens (including phenoxy) is 1. The molecule has 0 aromatic heterocycles. The Balaban J connectivity index is 0. The van der Waals surface area contributed by atoms with Crippen LogP contribution in [0.1, 0.15) is 73.6 Å². The minimum Gasteiger partial charge on any atom is -0.444 e. The standard InChI is InChI=1S/C20H41N5O3.HI/c1-8-10-11-16(14-23-19(27)28-20(4,5)6)25-18(21-7)22-13-12-17(26)24-15(3)9-2;/h15-16H,8-14H2,1-7H3,(H,23,27)(H,24,26)(H2,21,22,25);1H. The lowest BCUT2D eigenvalue weighted by atomic mass is 10.1. The van der Waals surface area contributed by atoms with E-state index in [-0.39, 0.29) is 42.0 Å². The van der Waals surface area contributed by atoms with Gasteiger partial charge in [0.15, 0.2) is 5.96 Å². The topological polar surface area (TPSA) is 104 Å². The van der Waals surface area contributed by atoms with E-state index in [9.17, 15) is 9.59 Å². The third kappa shape index (κ3) is 17.3. The van der Waals surface area contributed by atoms with Gasteiger partial charge in [-0.25, -0.2) is 4.79 Å². The molecule has 172 valence electrons. The molecule has 0 spiro atoms. The first-order valence-electron chi connectivity index (χ1n) is 10.3. The van der Waals surface area contributed by atoms with Gasteiger partial charge in [0.2, 0.25) is 5.91 Å². The molecule has 0 saturated heterocycles. The number of hydrogen-bond acceptors (Lipinski definition) is 4. The van der Waals surface area contributed by atoms with Crippen molar-refractivity contribution < 1.29 is 14.3 Å². The Bertz CT molecular complexity index is 495. The van der Waals surface area contributed by atoms with Gasteiger partial charge in [0.1, 0.15) is 5.60 Å². The minimum atomic E-state index is -0.524. The largest absolute Gasteiger partial charge is 0.444 e. The maximum absolute atomic E-state index is 11.9. The molecule has 29 heavy (non-hydrogen) atoms. The van der Waals surface area contributed by atoms with Crippen molar-refractivity contribution in [1.29, 1.82) is 0 Å². The maximum Gasteiger partial charge on any atom is 0.407 e. The Hall–Kier alpha value is -1.26. The number of rotatable bonds is 11. The number of hydrogen-bond donors (Lipinski definition) is 4. The number of guanidine groups is 1. The van der Waals surface area contributed by atoms with Crippen LogP contribution in [0.15, 0.2) is 4.99 Å². The van der Waals surface area contributed by atoms with E-state index in [1.807, 2.05) is 34.6 Å². The summed E-state index contributed by atoms with van der Waals surface area (Å²) < 4.78 is 5.29. The number of halogens is 1. The predicted molar refractivity (Wildman–Crippen MR) is 130 cm³/mol. The SMILES string of the molecule is CCCCC(CNC(=O)OC(C)(C)C)NC(=NC)NCCC(=O)NC(C)CC.I. The summed E-state index contributed by atoms with van der Waals surface area (Å²) in [5.74, 6) is 0.634. The van der Waals surface area contributed by atoms with Crippen molar-refractivity contribution >= 4 is 41.9 Å². The van der Waals surface area contributed by atoms with Crippen molar-refractivity contribution in [3.05, 3.63) is 0 Å². The highest BCUT2D eigenvalue weighted by Gasteiger charge is 2.18. The monoisotopic (exact) mass is 527 g/mol. The molecule has 0 radical (unpaired) electrons. The Morgan fingerprint density at radius 3 is 2.28 bits per heavy atom. The lowest BCUT2D eigenvalue weighted by Gasteiger charge is -2.24. The van der Waals surface area contributed by atoms with Gasteiger partial charge in [0.05, 0.1) is 0 Å². The van der Waals surface area contributed by atoms with Crippen LogP contribution in [0.25, 0.3) is 0 Å². The van der Waals surface area contributed by atoms with Crippen molar-refractivity contribution in [2.45, 2.75) is 91.3 Å². The van der Waals surface area contributed by atoms with Crippen LogP contribution in [0, 0.1) is 0 Å². The van der Waals surface area contributed by atoms with Gasteiger partial charge in [-0.05, 0) is 40.5 Å². The van der Waals surface area contributed by atoms with E-state index < -0.39 is 11.7 Å². The fourth-order valence-corrected chi connectivity index (χ4v) is 2.33. The van der Waals surface area contributed by atoms with Crippen LogP contribution in [0.2, 0.25) is 0 Å². The highest BCUT2D eigenvalue weighted by molar-refractivity contribution is 14.0. The number of amides is 2. The molecular weight excluding hydrogens is 485 g/mol. The van der Waals surface area contributed by atoms with Gasteiger partial charge in [-0.1, -0.05) is 26.7 Å². The fourth-order valence-electron chi connectivity index (χ4n) is 2.33. The summed E-state index contributed by atoms with van der Waals surface area (Å²) in [5, 5.41) is 12.2. The van der Waals surface area contributed by atoms with E-state index in [4.69, 9.17) is 4.74 Å². The van der Waals surface area contributed by atoms with Gasteiger partial charge in [0, 0.05) is 38.6 Å². The Labute approximate surface area is 193 Å². The number of unbranched alkanes of at least 4 members (excludes halogenated alkanes) is 1. The molecule has 0 heterocycles. The molecule has 0 saturated carbocycles. The van der Waals surface area contributed by atoms with Crippen molar-refractivity contribution in [3.63, 3.8) is 0 Å². The molecule has 9 heteroatoms. The third-order valence-corrected chi connectivity index (χ3v) is 4.03. The molecule has 2 amide bonds. The number of alkyl carbamates (subject to hydrolysis) is 1. The van der Waals surface area contributed by atoms with Crippen LogP contribution in [0.4, 0.5) is 4.79 Å². The molecule has 0 aromatic rings.